The Morgan fingerprint density at radius 2 is 2.00 bits per heavy atom. The Bertz CT molecular complexity index is 305. The number of ketones is 1. The van der Waals surface area contributed by atoms with Gasteiger partial charge in [0.1, 0.15) is 0 Å². The lowest BCUT2D eigenvalue weighted by Crippen LogP contribution is -2.19. The van der Waals surface area contributed by atoms with Crippen molar-refractivity contribution in [2.75, 3.05) is 0 Å². The standard InChI is InChI=1S/C13H22OSi/c1-11(10-15(2,3)4)13(14)12-8-6-5-7-9-12/h8,10H,5-7,9H2,1-4H3/b11-10+. The van der Waals surface area contributed by atoms with Crippen LogP contribution in [0.5, 0.6) is 0 Å². The molecule has 1 aliphatic rings. The van der Waals surface area contributed by atoms with Crippen LogP contribution in [0.3, 0.4) is 0 Å². The van der Waals surface area contributed by atoms with Crippen LogP contribution in [0.25, 0.3) is 0 Å². The molecule has 0 radical (unpaired) electrons. The minimum Gasteiger partial charge on any atom is -0.289 e. The minimum atomic E-state index is -1.26. The SMILES string of the molecule is C/C(=C\[Si](C)(C)C)C(=O)C1=CCCCC1. The molecule has 0 spiro atoms. The van der Waals surface area contributed by atoms with E-state index in [9.17, 15) is 4.79 Å². The van der Waals surface area contributed by atoms with Gasteiger partial charge >= 0.3 is 0 Å². The van der Waals surface area contributed by atoms with Crippen LogP contribution < -0.4 is 0 Å². The Balaban J connectivity index is 2.76. The Morgan fingerprint density at radius 1 is 1.33 bits per heavy atom. The molecule has 1 aliphatic carbocycles. The molecule has 0 aromatic carbocycles. The highest BCUT2D eigenvalue weighted by Gasteiger charge is 2.17. The summed E-state index contributed by atoms with van der Waals surface area (Å²) in [6.07, 6.45) is 6.62. The summed E-state index contributed by atoms with van der Waals surface area (Å²) in [5, 5.41) is 0. The quantitative estimate of drug-likeness (QED) is 0.523. The predicted molar refractivity (Wildman–Crippen MR) is 68.7 cm³/mol. The third kappa shape index (κ3) is 4.16. The summed E-state index contributed by atoms with van der Waals surface area (Å²) in [6.45, 7) is 8.76. The topological polar surface area (TPSA) is 17.1 Å². The first-order valence-corrected chi connectivity index (χ1v) is 9.41. The van der Waals surface area contributed by atoms with Gasteiger partial charge in [0, 0.05) is 0 Å². The number of allylic oxidation sites excluding steroid dienone is 3. The molecule has 0 heterocycles. The lowest BCUT2D eigenvalue weighted by atomic mass is 9.94. The first kappa shape index (κ1) is 12.4. The molecule has 0 aliphatic heterocycles. The molecule has 0 unspecified atom stereocenters. The normalized spacial score (nSPS) is 18.7. The molecule has 2 heteroatoms. The Kier molecular flexibility index (Phi) is 4.09. The molecule has 0 saturated carbocycles. The molecule has 0 atom stereocenters. The van der Waals surface area contributed by atoms with Crippen molar-refractivity contribution in [3.8, 4) is 0 Å². The van der Waals surface area contributed by atoms with Crippen LogP contribution in [0.15, 0.2) is 22.9 Å². The number of carbonyl (C=O) groups excluding carboxylic acids is 1. The molecule has 1 nitrogen and oxygen atoms in total. The molecule has 0 fully saturated rings. The molecule has 0 aromatic rings. The largest absolute Gasteiger partial charge is 0.289 e. The maximum absolute atomic E-state index is 12.1. The van der Waals surface area contributed by atoms with E-state index in [-0.39, 0.29) is 5.78 Å². The third-order valence-electron chi connectivity index (χ3n) is 2.59. The van der Waals surface area contributed by atoms with Crippen LogP contribution in [0.1, 0.15) is 32.6 Å². The third-order valence-corrected chi connectivity index (χ3v) is 3.89. The number of rotatable bonds is 3. The molecule has 84 valence electrons. The predicted octanol–water partition coefficient (Wildman–Crippen LogP) is 3.88. The summed E-state index contributed by atoms with van der Waals surface area (Å²) in [4.78, 5) is 12.1. The van der Waals surface area contributed by atoms with Gasteiger partial charge in [-0.2, -0.15) is 0 Å². The van der Waals surface area contributed by atoms with Crippen LogP contribution in [-0.2, 0) is 4.79 Å². The molecule has 0 N–H and O–H groups in total. The van der Waals surface area contributed by atoms with E-state index in [0.717, 1.165) is 24.0 Å². The zero-order valence-corrected chi connectivity index (χ0v) is 11.4. The van der Waals surface area contributed by atoms with Crippen molar-refractivity contribution in [2.24, 2.45) is 0 Å². The van der Waals surface area contributed by atoms with Gasteiger partial charge in [-0.1, -0.05) is 31.4 Å². The zero-order chi connectivity index (χ0) is 11.5. The van der Waals surface area contributed by atoms with Crippen LogP contribution >= 0.6 is 0 Å². The first-order chi connectivity index (χ1) is 6.90. The average Bonchev–Trinajstić information content (AvgIpc) is 2.15. The molecule has 1 rings (SSSR count). The number of Topliss-reactive ketones (excluding diaryl/α,β-unsaturated/α-hetero) is 1. The van der Waals surface area contributed by atoms with E-state index in [1.165, 1.54) is 12.8 Å². The maximum Gasteiger partial charge on any atom is 0.183 e. The monoisotopic (exact) mass is 222 g/mol. The Morgan fingerprint density at radius 3 is 2.47 bits per heavy atom. The van der Waals surface area contributed by atoms with Crippen molar-refractivity contribution < 1.29 is 4.79 Å². The summed E-state index contributed by atoms with van der Waals surface area (Å²) in [7, 11) is -1.26. The van der Waals surface area contributed by atoms with Crippen LogP contribution in [0.2, 0.25) is 19.6 Å². The number of hydrogen-bond donors (Lipinski definition) is 0. The van der Waals surface area contributed by atoms with Gasteiger partial charge in [-0.25, -0.2) is 0 Å². The minimum absolute atomic E-state index is 0.289. The summed E-state index contributed by atoms with van der Waals surface area (Å²) in [6, 6.07) is 0. The fourth-order valence-corrected chi connectivity index (χ4v) is 3.44. The van der Waals surface area contributed by atoms with Crippen LogP contribution in [0.4, 0.5) is 0 Å². The molecule has 0 aromatic heterocycles. The lowest BCUT2D eigenvalue weighted by molar-refractivity contribution is -0.112. The summed E-state index contributed by atoms with van der Waals surface area (Å²) in [5.41, 5.74) is 4.22. The smallest absolute Gasteiger partial charge is 0.183 e. The highest BCUT2D eigenvalue weighted by molar-refractivity contribution is 6.81. The van der Waals surface area contributed by atoms with E-state index in [4.69, 9.17) is 0 Å². The average molecular weight is 222 g/mol. The summed E-state index contributed by atoms with van der Waals surface area (Å²) in [5.74, 6) is 0.289. The second-order valence-corrected chi connectivity index (χ2v) is 10.5. The highest BCUT2D eigenvalue weighted by Crippen LogP contribution is 2.21. The van der Waals surface area contributed by atoms with Gasteiger partial charge in [-0.3, -0.25) is 4.79 Å². The van der Waals surface area contributed by atoms with Gasteiger partial charge in [-0.15, -0.1) is 0 Å². The van der Waals surface area contributed by atoms with Crippen molar-refractivity contribution in [3.63, 3.8) is 0 Å². The zero-order valence-electron chi connectivity index (χ0n) is 10.4. The lowest BCUT2D eigenvalue weighted by Gasteiger charge is -2.15. The molecule has 0 saturated heterocycles. The number of carbonyl (C=O) groups is 1. The molecular weight excluding hydrogens is 200 g/mol. The molecular formula is C13H22OSi. The Labute approximate surface area is 94.3 Å². The van der Waals surface area contributed by atoms with E-state index < -0.39 is 8.07 Å². The van der Waals surface area contributed by atoms with Crippen molar-refractivity contribution >= 4 is 13.9 Å². The maximum atomic E-state index is 12.1. The summed E-state index contributed by atoms with van der Waals surface area (Å²) >= 11 is 0. The highest BCUT2D eigenvalue weighted by atomic mass is 28.3. The van der Waals surface area contributed by atoms with Gasteiger partial charge in [0.05, 0.1) is 8.07 Å². The van der Waals surface area contributed by atoms with Crippen molar-refractivity contribution in [3.05, 3.63) is 22.9 Å². The van der Waals surface area contributed by atoms with Gasteiger partial charge in [0.2, 0.25) is 0 Å². The molecule has 0 amide bonds. The molecule has 15 heavy (non-hydrogen) atoms. The second kappa shape index (κ2) is 4.93. The van der Waals surface area contributed by atoms with Crippen molar-refractivity contribution in [1.29, 1.82) is 0 Å². The van der Waals surface area contributed by atoms with E-state index in [2.05, 4.69) is 31.4 Å². The first-order valence-electron chi connectivity index (χ1n) is 5.83. The van der Waals surface area contributed by atoms with Gasteiger partial charge in [0.15, 0.2) is 5.78 Å². The van der Waals surface area contributed by atoms with E-state index in [1.54, 1.807) is 0 Å². The van der Waals surface area contributed by atoms with E-state index >= 15 is 0 Å². The number of hydrogen-bond acceptors (Lipinski definition) is 1. The van der Waals surface area contributed by atoms with Crippen LogP contribution in [0, 0.1) is 0 Å². The summed E-state index contributed by atoms with van der Waals surface area (Å²) < 4.78 is 0. The van der Waals surface area contributed by atoms with Crippen molar-refractivity contribution in [1.82, 2.24) is 0 Å². The van der Waals surface area contributed by atoms with Gasteiger partial charge < -0.3 is 0 Å². The fraction of sp³-hybridized carbons (Fsp3) is 0.615. The van der Waals surface area contributed by atoms with E-state index in [1.807, 2.05) is 6.92 Å². The van der Waals surface area contributed by atoms with Crippen LogP contribution in [-0.4, -0.2) is 13.9 Å². The fourth-order valence-electron chi connectivity index (χ4n) is 2.01. The Hall–Kier alpha value is -0.633. The van der Waals surface area contributed by atoms with Crippen molar-refractivity contribution in [2.45, 2.75) is 52.2 Å². The second-order valence-electron chi connectivity index (χ2n) is 5.50. The molecule has 0 bridgehead atoms. The van der Waals surface area contributed by atoms with E-state index in [0.29, 0.717) is 0 Å². The van der Waals surface area contributed by atoms with Gasteiger partial charge in [-0.05, 0) is 43.8 Å². The van der Waals surface area contributed by atoms with Gasteiger partial charge in [0.25, 0.3) is 0 Å².